The van der Waals surface area contributed by atoms with Crippen LogP contribution in [-0.4, -0.2) is 28.2 Å². The third-order valence-electron chi connectivity index (χ3n) is 1.95. The first-order valence-corrected chi connectivity index (χ1v) is 4.44. The van der Waals surface area contributed by atoms with Crippen molar-refractivity contribution in [2.75, 3.05) is 5.32 Å². The molecule has 0 heterocycles. The van der Waals surface area contributed by atoms with Crippen LogP contribution >= 0.6 is 0 Å². The maximum atomic E-state index is 13.0. The maximum absolute atomic E-state index is 13.0. The van der Waals surface area contributed by atoms with E-state index >= 15 is 0 Å². The monoisotopic (exact) mass is 227 g/mol. The maximum Gasteiger partial charge on any atom is 0.338 e. The summed E-state index contributed by atoms with van der Waals surface area (Å²) in [5.74, 6) is -3.34. The van der Waals surface area contributed by atoms with E-state index in [2.05, 4.69) is 5.32 Å². The Balaban J connectivity index is 2.95. The Hall–Kier alpha value is -2.11. The van der Waals surface area contributed by atoms with Gasteiger partial charge >= 0.3 is 11.9 Å². The highest BCUT2D eigenvalue weighted by atomic mass is 19.1. The van der Waals surface area contributed by atoms with Crippen LogP contribution in [0, 0.1) is 5.82 Å². The van der Waals surface area contributed by atoms with Crippen molar-refractivity contribution in [3.05, 3.63) is 29.6 Å². The topological polar surface area (TPSA) is 86.6 Å². The van der Waals surface area contributed by atoms with Gasteiger partial charge in [0.2, 0.25) is 0 Å². The molecule has 0 saturated heterocycles. The van der Waals surface area contributed by atoms with Gasteiger partial charge in [-0.05, 0) is 25.1 Å². The molecular formula is C10H10FNO4. The second-order valence-electron chi connectivity index (χ2n) is 3.20. The van der Waals surface area contributed by atoms with Crippen LogP contribution in [0.25, 0.3) is 0 Å². The molecule has 1 unspecified atom stereocenters. The zero-order chi connectivity index (χ0) is 12.3. The van der Waals surface area contributed by atoms with Crippen LogP contribution in [0.5, 0.6) is 0 Å². The molecule has 0 fully saturated rings. The quantitative estimate of drug-likeness (QED) is 0.723. The van der Waals surface area contributed by atoms with Gasteiger partial charge in [0.25, 0.3) is 0 Å². The van der Waals surface area contributed by atoms with Crippen LogP contribution in [0.4, 0.5) is 10.1 Å². The summed E-state index contributed by atoms with van der Waals surface area (Å²) in [7, 11) is 0. The van der Waals surface area contributed by atoms with E-state index in [4.69, 9.17) is 10.2 Å². The lowest BCUT2D eigenvalue weighted by Crippen LogP contribution is -2.25. The molecule has 3 N–H and O–H groups in total. The van der Waals surface area contributed by atoms with E-state index in [0.717, 1.165) is 12.1 Å². The van der Waals surface area contributed by atoms with Crippen molar-refractivity contribution in [1.82, 2.24) is 0 Å². The summed E-state index contributed by atoms with van der Waals surface area (Å²) < 4.78 is 13.0. The van der Waals surface area contributed by atoms with Crippen molar-refractivity contribution in [2.45, 2.75) is 13.0 Å². The van der Waals surface area contributed by atoms with Gasteiger partial charge in [-0.1, -0.05) is 0 Å². The van der Waals surface area contributed by atoms with Crippen molar-refractivity contribution < 1.29 is 24.2 Å². The molecule has 1 aromatic rings. The molecule has 0 aromatic heterocycles. The summed E-state index contributed by atoms with van der Waals surface area (Å²) in [6, 6.07) is 2.42. The van der Waals surface area contributed by atoms with Gasteiger partial charge in [-0.3, -0.25) is 4.79 Å². The van der Waals surface area contributed by atoms with E-state index in [0.29, 0.717) is 0 Å². The predicted octanol–water partition coefficient (Wildman–Crippen LogP) is 1.41. The first-order chi connectivity index (χ1) is 7.41. The number of hydrogen-bond donors (Lipinski definition) is 3. The molecule has 86 valence electrons. The summed E-state index contributed by atoms with van der Waals surface area (Å²) in [5.41, 5.74) is -0.253. The number of hydrogen-bond acceptors (Lipinski definition) is 3. The van der Waals surface area contributed by atoms with Gasteiger partial charge in [0.05, 0.1) is 5.56 Å². The molecule has 0 aliphatic heterocycles. The number of rotatable bonds is 4. The Morgan fingerprint density at radius 3 is 2.50 bits per heavy atom. The summed E-state index contributed by atoms with van der Waals surface area (Å²) in [6.45, 7) is 1.39. The zero-order valence-corrected chi connectivity index (χ0v) is 8.40. The van der Waals surface area contributed by atoms with Crippen LogP contribution in [0.2, 0.25) is 0 Å². The molecule has 0 amide bonds. The Labute approximate surface area is 90.5 Å². The van der Waals surface area contributed by atoms with Gasteiger partial charge in [0.15, 0.2) is 0 Å². The molecule has 0 spiro atoms. The smallest absolute Gasteiger partial charge is 0.338 e. The molecule has 16 heavy (non-hydrogen) atoms. The minimum Gasteiger partial charge on any atom is -0.480 e. The number of carboxylic acids is 2. The number of carboxylic acid groups (broad SMARTS) is 2. The number of nitrogens with one attached hydrogen (secondary N) is 1. The summed E-state index contributed by atoms with van der Waals surface area (Å²) in [4.78, 5) is 21.1. The lowest BCUT2D eigenvalue weighted by Gasteiger charge is -2.11. The SMILES string of the molecule is CC(Nc1ccc(F)c(C(=O)O)c1)C(=O)O. The number of aromatic carboxylic acids is 1. The summed E-state index contributed by atoms with van der Waals surface area (Å²) in [6.07, 6.45) is 0. The fraction of sp³-hybridized carbons (Fsp3) is 0.200. The number of anilines is 1. The molecule has 0 aliphatic carbocycles. The number of aliphatic carboxylic acids is 1. The number of halogens is 1. The van der Waals surface area contributed by atoms with E-state index in [-0.39, 0.29) is 5.69 Å². The standard InChI is InChI=1S/C10H10FNO4/c1-5(9(13)14)12-6-2-3-8(11)7(4-6)10(15)16/h2-5,12H,1H3,(H,13,14)(H,15,16). The van der Waals surface area contributed by atoms with Gasteiger partial charge in [-0.2, -0.15) is 0 Å². The van der Waals surface area contributed by atoms with Crippen LogP contribution in [-0.2, 0) is 4.79 Å². The third kappa shape index (κ3) is 2.69. The normalized spacial score (nSPS) is 11.9. The predicted molar refractivity (Wildman–Crippen MR) is 54.1 cm³/mol. The van der Waals surface area contributed by atoms with Crippen molar-refractivity contribution >= 4 is 17.6 Å². The van der Waals surface area contributed by atoms with E-state index in [1.807, 2.05) is 0 Å². The zero-order valence-electron chi connectivity index (χ0n) is 8.40. The first-order valence-electron chi connectivity index (χ1n) is 4.44. The van der Waals surface area contributed by atoms with Crippen molar-refractivity contribution in [3.63, 3.8) is 0 Å². The molecule has 0 radical (unpaired) electrons. The summed E-state index contributed by atoms with van der Waals surface area (Å²) >= 11 is 0. The van der Waals surface area contributed by atoms with Crippen molar-refractivity contribution in [1.29, 1.82) is 0 Å². The van der Waals surface area contributed by atoms with E-state index in [1.54, 1.807) is 0 Å². The second-order valence-corrected chi connectivity index (χ2v) is 3.20. The van der Waals surface area contributed by atoms with Gasteiger partial charge in [-0.15, -0.1) is 0 Å². The van der Waals surface area contributed by atoms with Crippen LogP contribution < -0.4 is 5.32 Å². The Morgan fingerprint density at radius 2 is 2.00 bits per heavy atom. The molecule has 6 heteroatoms. The molecule has 1 atom stereocenters. The highest BCUT2D eigenvalue weighted by Crippen LogP contribution is 2.15. The van der Waals surface area contributed by atoms with Crippen LogP contribution in [0.1, 0.15) is 17.3 Å². The van der Waals surface area contributed by atoms with E-state index in [9.17, 15) is 14.0 Å². The average molecular weight is 227 g/mol. The molecule has 0 aliphatic rings. The van der Waals surface area contributed by atoms with Crippen LogP contribution in [0.15, 0.2) is 18.2 Å². The number of carbonyl (C=O) groups is 2. The molecule has 0 saturated carbocycles. The molecular weight excluding hydrogens is 217 g/mol. The van der Waals surface area contributed by atoms with E-state index < -0.39 is 29.4 Å². The Kier molecular flexibility index (Phi) is 3.44. The van der Waals surface area contributed by atoms with E-state index in [1.165, 1.54) is 13.0 Å². The lowest BCUT2D eigenvalue weighted by atomic mass is 10.2. The number of benzene rings is 1. The van der Waals surface area contributed by atoms with Crippen molar-refractivity contribution in [3.8, 4) is 0 Å². The van der Waals surface area contributed by atoms with Gasteiger partial charge in [0, 0.05) is 5.69 Å². The van der Waals surface area contributed by atoms with Crippen LogP contribution in [0.3, 0.4) is 0 Å². The fourth-order valence-corrected chi connectivity index (χ4v) is 1.09. The molecule has 0 bridgehead atoms. The molecule has 1 rings (SSSR count). The Morgan fingerprint density at radius 1 is 1.38 bits per heavy atom. The van der Waals surface area contributed by atoms with Gasteiger partial charge < -0.3 is 15.5 Å². The lowest BCUT2D eigenvalue weighted by molar-refractivity contribution is -0.137. The minimum atomic E-state index is -1.40. The average Bonchev–Trinajstić information content (AvgIpc) is 2.20. The first kappa shape index (κ1) is 12.0. The minimum absolute atomic E-state index is 0.244. The molecule has 5 nitrogen and oxygen atoms in total. The highest BCUT2D eigenvalue weighted by molar-refractivity contribution is 5.89. The summed E-state index contributed by atoms with van der Waals surface area (Å²) in [5, 5.41) is 19.8. The largest absolute Gasteiger partial charge is 0.480 e. The van der Waals surface area contributed by atoms with Gasteiger partial charge in [-0.25, -0.2) is 9.18 Å². The Bertz CT molecular complexity index is 433. The molecule has 1 aromatic carbocycles. The van der Waals surface area contributed by atoms with Crippen molar-refractivity contribution in [2.24, 2.45) is 0 Å². The fourth-order valence-electron chi connectivity index (χ4n) is 1.09. The third-order valence-corrected chi connectivity index (χ3v) is 1.95. The second kappa shape index (κ2) is 4.61. The highest BCUT2D eigenvalue weighted by Gasteiger charge is 2.14. The van der Waals surface area contributed by atoms with Gasteiger partial charge in [0.1, 0.15) is 11.9 Å².